The van der Waals surface area contributed by atoms with Crippen LogP contribution in [-0.4, -0.2) is 61.6 Å². The molecule has 3 heterocycles. The molecule has 7 heteroatoms. The standard InChI is InChI=1S/C21H30N4O2.HI/c1-22-20(25-11-8-21(15-25)9-12-27-16-21)23-13-17-4-6-18(7-5-17)14-24-10-2-3-19(24)26;/h4-7H,2-3,8-16H2,1H3,(H,22,23);1H. The summed E-state index contributed by atoms with van der Waals surface area (Å²) in [6.45, 7) is 6.25. The van der Waals surface area contributed by atoms with E-state index in [0.29, 0.717) is 11.8 Å². The number of hydrogen-bond donors (Lipinski definition) is 1. The molecule has 1 atom stereocenters. The fourth-order valence-corrected chi connectivity index (χ4v) is 4.45. The lowest BCUT2D eigenvalue weighted by molar-refractivity contribution is -0.128. The van der Waals surface area contributed by atoms with Gasteiger partial charge in [-0.15, -0.1) is 24.0 Å². The molecule has 0 aliphatic carbocycles. The second-order valence-corrected chi connectivity index (χ2v) is 8.11. The normalized spacial score (nSPS) is 24.9. The summed E-state index contributed by atoms with van der Waals surface area (Å²) < 4.78 is 5.63. The molecule has 4 rings (SSSR count). The minimum Gasteiger partial charge on any atom is -0.381 e. The summed E-state index contributed by atoms with van der Waals surface area (Å²) in [6, 6.07) is 8.55. The third kappa shape index (κ3) is 4.79. The zero-order valence-electron chi connectivity index (χ0n) is 16.7. The Kier molecular flexibility index (Phi) is 7.20. The molecular formula is C21H31IN4O2. The lowest BCUT2D eigenvalue weighted by Crippen LogP contribution is -2.41. The van der Waals surface area contributed by atoms with Gasteiger partial charge in [0, 0.05) is 58.2 Å². The molecule has 1 unspecified atom stereocenters. The van der Waals surface area contributed by atoms with E-state index in [2.05, 4.69) is 39.5 Å². The van der Waals surface area contributed by atoms with E-state index < -0.39 is 0 Å². The number of likely N-dealkylation sites (tertiary alicyclic amines) is 2. The van der Waals surface area contributed by atoms with Crippen LogP contribution in [0.25, 0.3) is 0 Å². The third-order valence-electron chi connectivity index (χ3n) is 6.15. The SMILES string of the molecule is CN=C(NCc1ccc(CN2CCCC2=O)cc1)N1CCC2(CCOC2)C1.I. The Bertz CT molecular complexity index is 701. The van der Waals surface area contributed by atoms with Crippen LogP contribution in [0.4, 0.5) is 0 Å². The lowest BCUT2D eigenvalue weighted by atomic mass is 9.87. The first-order chi connectivity index (χ1) is 13.2. The highest BCUT2D eigenvalue weighted by molar-refractivity contribution is 14.0. The Morgan fingerprint density at radius 2 is 2.00 bits per heavy atom. The van der Waals surface area contributed by atoms with Gasteiger partial charge in [0.25, 0.3) is 0 Å². The van der Waals surface area contributed by atoms with E-state index in [1.165, 1.54) is 24.0 Å². The highest BCUT2D eigenvalue weighted by Gasteiger charge is 2.42. The van der Waals surface area contributed by atoms with Crippen LogP contribution in [0.2, 0.25) is 0 Å². The first-order valence-corrected chi connectivity index (χ1v) is 10.1. The van der Waals surface area contributed by atoms with Gasteiger partial charge in [-0.25, -0.2) is 0 Å². The highest BCUT2D eigenvalue weighted by Crippen LogP contribution is 2.38. The van der Waals surface area contributed by atoms with Gasteiger partial charge in [-0.3, -0.25) is 9.79 Å². The summed E-state index contributed by atoms with van der Waals surface area (Å²) in [7, 11) is 1.86. The molecule has 1 spiro atoms. The van der Waals surface area contributed by atoms with Crippen LogP contribution in [-0.2, 0) is 22.6 Å². The van der Waals surface area contributed by atoms with Gasteiger partial charge >= 0.3 is 0 Å². The Morgan fingerprint density at radius 1 is 1.21 bits per heavy atom. The van der Waals surface area contributed by atoms with Crippen molar-refractivity contribution in [2.24, 2.45) is 10.4 Å². The van der Waals surface area contributed by atoms with Crippen molar-refractivity contribution in [2.45, 2.75) is 38.8 Å². The van der Waals surface area contributed by atoms with Crippen LogP contribution >= 0.6 is 24.0 Å². The predicted molar refractivity (Wildman–Crippen MR) is 121 cm³/mol. The molecule has 28 heavy (non-hydrogen) atoms. The molecule has 3 aliphatic heterocycles. The minimum atomic E-state index is 0. The topological polar surface area (TPSA) is 57.2 Å². The van der Waals surface area contributed by atoms with Gasteiger partial charge in [0.05, 0.1) is 6.61 Å². The maximum Gasteiger partial charge on any atom is 0.222 e. The summed E-state index contributed by atoms with van der Waals surface area (Å²) in [5, 5.41) is 3.50. The summed E-state index contributed by atoms with van der Waals surface area (Å²) >= 11 is 0. The predicted octanol–water partition coefficient (Wildman–Crippen LogP) is 2.61. The number of nitrogens with one attached hydrogen (secondary N) is 1. The molecule has 1 amide bonds. The smallest absolute Gasteiger partial charge is 0.222 e. The molecule has 0 radical (unpaired) electrons. The van der Waals surface area contributed by atoms with Crippen LogP contribution in [0, 0.1) is 5.41 Å². The Labute approximate surface area is 184 Å². The molecule has 3 fully saturated rings. The summed E-state index contributed by atoms with van der Waals surface area (Å²) in [5.74, 6) is 1.26. The monoisotopic (exact) mass is 498 g/mol. The zero-order valence-corrected chi connectivity index (χ0v) is 19.0. The second kappa shape index (κ2) is 9.43. The molecular weight excluding hydrogens is 467 g/mol. The molecule has 0 aromatic heterocycles. The molecule has 0 saturated carbocycles. The third-order valence-corrected chi connectivity index (χ3v) is 6.15. The van der Waals surface area contributed by atoms with Crippen LogP contribution in [0.5, 0.6) is 0 Å². The van der Waals surface area contributed by atoms with Crippen molar-refractivity contribution in [3.8, 4) is 0 Å². The quantitative estimate of drug-likeness (QED) is 0.394. The van der Waals surface area contributed by atoms with Crippen molar-refractivity contribution >= 4 is 35.8 Å². The number of halogens is 1. The van der Waals surface area contributed by atoms with Crippen LogP contribution in [0.3, 0.4) is 0 Å². The molecule has 1 aromatic carbocycles. The number of hydrogen-bond acceptors (Lipinski definition) is 3. The number of carbonyl (C=O) groups is 1. The lowest BCUT2D eigenvalue weighted by Gasteiger charge is -2.25. The van der Waals surface area contributed by atoms with Crippen LogP contribution in [0.15, 0.2) is 29.3 Å². The molecule has 6 nitrogen and oxygen atoms in total. The van der Waals surface area contributed by atoms with Gasteiger partial charge < -0.3 is 19.9 Å². The molecule has 1 aromatic rings. The number of carbonyl (C=O) groups excluding carboxylic acids is 1. The molecule has 154 valence electrons. The maximum atomic E-state index is 11.8. The highest BCUT2D eigenvalue weighted by atomic mass is 127. The van der Waals surface area contributed by atoms with Gasteiger partial charge in [-0.05, 0) is 30.4 Å². The number of nitrogens with zero attached hydrogens (tertiary/aromatic N) is 3. The summed E-state index contributed by atoms with van der Waals surface area (Å²) in [4.78, 5) is 20.6. The maximum absolute atomic E-state index is 11.8. The van der Waals surface area contributed by atoms with Crippen LogP contribution in [0.1, 0.15) is 36.8 Å². The molecule has 0 bridgehead atoms. The fraction of sp³-hybridized carbons (Fsp3) is 0.619. The second-order valence-electron chi connectivity index (χ2n) is 8.11. The van der Waals surface area contributed by atoms with Crippen molar-refractivity contribution in [2.75, 3.05) is 39.9 Å². The average Bonchev–Trinajstić information content (AvgIpc) is 3.41. The first kappa shape index (κ1) is 21.4. The van der Waals surface area contributed by atoms with E-state index in [0.717, 1.165) is 58.3 Å². The van der Waals surface area contributed by atoms with Gasteiger partial charge in [-0.2, -0.15) is 0 Å². The average molecular weight is 498 g/mol. The molecule has 3 aliphatic rings. The molecule has 3 saturated heterocycles. The molecule has 1 N–H and O–H groups in total. The van der Waals surface area contributed by atoms with Crippen LogP contribution < -0.4 is 5.32 Å². The van der Waals surface area contributed by atoms with E-state index >= 15 is 0 Å². The zero-order chi connectivity index (χ0) is 18.7. The Morgan fingerprint density at radius 3 is 2.64 bits per heavy atom. The number of aliphatic imine (C=N–C) groups is 1. The Hall–Kier alpha value is -1.35. The van der Waals surface area contributed by atoms with Gasteiger partial charge in [0.2, 0.25) is 5.91 Å². The van der Waals surface area contributed by atoms with Crippen molar-refractivity contribution < 1.29 is 9.53 Å². The number of ether oxygens (including phenoxy) is 1. The van der Waals surface area contributed by atoms with Crippen molar-refractivity contribution in [3.63, 3.8) is 0 Å². The van der Waals surface area contributed by atoms with Gasteiger partial charge in [0.1, 0.15) is 0 Å². The number of benzene rings is 1. The van der Waals surface area contributed by atoms with E-state index in [1.54, 1.807) is 0 Å². The van der Waals surface area contributed by atoms with E-state index in [9.17, 15) is 4.79 Å². The van der Waals surface area contributed by atoms with E-state index in [-0.39, 0.29) is 29.9 Å². The number of amides is 1. The van der Waals surface area contributed by atoms with Gasteiger partial charge in [0.15, 0.2) is 5.96 Å². The summed E-state index contributed by atoms with van der Waals surface area (Å²) in [5.41, 5.74) is 2.76. The van der Waals surface area contributed by atoms with E-state index in [1.807, 2.05) is 11.9 Å². The number of rotatable bonds is 4. The van der Waals surface area contributed by atoms with Gasteiger partial charge in [-0.1, -0.05) is 24.3 Å². The van der Waals surface area contributed by atoms with Crippen molar-refractivity contribution in [3.05, 3.63) is 35.4 Å². The minimum absolute atomic E-state index is 0. The van der Waals surface area contributed by atoms with E-state index in [4.69, 9.17) is 4.74 Å². The summed E-state index contributed by atoms with van der Waals surface area (Å²) in [6.07, 6.45) is 4.05. The Balaban J connectivity index is 0.00000225. The largest absolute Gasteiger partial charge is 0.381 e. The van der Waals surface area contributed by atoms with Crippen molar-refractivity contribution in [1.82, 2.24) is 15.1 Å². The first-order valence-electron chi connectivity index (χ1n) is 10.1. The number of guanidine groups is 1. The fourth-order valence-electron chi connectivity index (χ4n) is 4.45. The van der Waals surface area contributed by atoms with Crippen molar-refractivity contribution in [1.29, 1.82) is 0 Å².